The highest BCUT2D eigenvalue weighted by Gasteiger charge is 2.26. The van der Waals surface area contributed by atoms with E-state index in [0.29, 0.717) is 12.0 Å². The van der Waals surface area contributed by atoms with Gasteiger partial charge in [-0.3, -0.25) is 0 Å². The number of β-amino-alcohol motifs (C(OH)–C–C–N with tert-alkyl or cyclic N) is 1. The van der Waals surface area contributed by atoms with E-state index in [2.05, 4.69) is 25.8 Å². The molecule has 1 aliphatic heterocycles. The second-order valence-electron chi connectivity index (χ2n) is 3.55. The van der Waals surface area contributed by atoms with Gasteiger partial charge >= 0.3 is 0 Å². The molecular formula is C8H17NO. The van der Waals surface area contributed by atoms with Gasteiger partial charge in [0.1, 0.15) is 0 Å². The van der Waals surface area contributed by atoms with Gasteiger partial charge in [-0.05, 0) is 26.3 Å². The lowest BCUT2D eigenvalue weighted by molar-refractivity contribution is 0.0252. The Balaban J connectivity index is 2.49. The molecule has 2 nitrogen and oxygen atoms in total. The maximum Gasteiger partial charge on any atom is 0.0670 e. The van der Waals surface area contributed by atoms with Crippen molar-refractivity contribution in [2.75, 3.05) is 13.6 Å². The molecular weight excluding hydrogens is 126 g/mol. The molecule has 1 fully saturated rings. The molecule has 1 aliphatic rings. The van der Waals surface area contributed by atoms with Gasteiger partial charge in [0.2, 0.25) is 0 Å². The summed E-state index contributed by atoms with van der Waals surface area (Å²) in [6.45, 7) is 5.26. The van der Waals surface area contributed by atoms with Crippen LogP contribution < -0.4 is 0 Å². The topological polar surface area (TPSA) is 23.5 Å². The highest BCUT2D eigenvalue weighted by atomic mass is 16.3. The number of rotatable bonds is 0. The number of likely N-dealkylation sites (N-methyl/N-ethyl adjacent to an activating group) is 1. The average Bonchev–Trinajstić information content (AvgIpc) is 1.82. The van der Waals surface area contributed by atoms with Gasteiger partial charge in [-0.1, -0.05) is 6.92 Å². The third kappa shape index (κ3) is 1.50. The zero-order valence-electron chi connectivity index (χ0n) is 7.04. The highest BCUT2D eigenvalue weighted by Crippen LogP contribution is 2.21. The summed E-state index contributed by atoms with van der Waals surface area (Å²) in [6, 6.07) is 0.628. The maximum absolute atomic E-state index is 9.33. The summed E-state index contributed by atoms with van der Waals surface area (Å²) in [7, 11) is 2.07. The Morgan fingerprint density at radius 3 is 2.50 bits per heavy atom. The van der Waals surface area contributed by atoms with Crippen molar-refractivity contribution in [1.29, 1.82) is 0 Å². The SMILES string of the molecule is C[C@@H]1C[C@@H](O)CN(C)[C@H]1C. The van der Waals surface area contributed by atoms with E-state index < -0.39 is 0 Å². The lowest BCUT2D eigenvalue weighted by atomic mass is 9.91. The summed E-state index contributed by atoms with van der Waals surface area (Å²) in [5.41, 5.74) is 0. The predicted octanol–water partition coefficient (Wildman–Crippen LogP) is 0.707. The van der Waals surface area contributed by atoms with Crippen molar-refractivity contribution in [1.82, 2.24) is 4.90 Å². The van der Waals surface area contributed by atoms with Crippen LogP contribution in [0, 0.1) is 5.92 Å². The van der Waals surface area contributed by atoms with Gasteiger partial charge < -0.3 is 10.0 Å². The molecule has 3 atom stereocenters. The first-order valence-electron chi connectivity index (χ1n) is 3.99. The number of aliphatic hydroxyl groups is 1. The molecule has 0 bridgehead atoms. The van der Waals surface area contributed by atoms with Crippen molar-refractivity contribution in [2.24, 2.45) is 5.92 Å². The molecule has 0 radical (unpaired) electrons. The largest absolute Gasteiger partial charge is 0.392 e. The van der Waals surface area contributed by atoms with Gasteiger partial charge in [-0.25, -0.2) is 0 Å². The molecule has 0 unspecified atom stereocenters. The molecule has 0 aliphatic carbocycles. The van der Waals surface area contributed by atoms with Crippen LogP contribution in [0.4, 0.5) is 0 Å². The Morgan fingerprint density at radius 2 is 2.00 bits per heavy atom. The summed E-state index contributed by atoms with van der Waals surface area (Å²) in [5, 5.41) is 9.33. The van der Waals surface area contributed by atoms with E-state index in [1.54, 1.807) is 0 Å². The van der Waals surface area contributed by atoms with E-state index in [9.17, 15) is 5.11 Å². The van der Waals surface area contributed by atoms with Crippen LogP contribution in [0.5, 0.6) is 0 Å². The molecule has 0 spiro atoms. The van der Waals surface area contributed by atoms with Gasteiger partial charge in [0, 0.05) is 12.6 Å². The lowest BCUT2D eigenvalue weighted by Gasteiger charge is -2.37. The molecule has 0 saturated carbocycles. The molecule has 1 rings (SSSR count). The minimum Gasteiger partial charge on any atom is -0.392 e. The van der Waals surface area contributed by atoms with E-state index >= 15 is 0 Å². The summed E-state index contributed by atoms with van der Waals surface area (Å²) >= 11 is 0. The molecule has 1 heterocycles. The first-order valence-corrected chi connectivity index (χ1v) is 3.99. The van der Waals surface area contributed by atoms with Crippen molar-refractivity contribution in [3.8, 4) is 0 Å². The number of likely N-dealkylation sites (tertiary alicyclic amines) is 1. The Kier molecular flexibility index (Phi) is 2.32. The van der Waals surface area contributed by atoms with Crippen LogP contribution in [-0.4, -0.2) is 35.7 Å². The highest BCUT2D eigenvalue weighted by molar-refractivity contribution is 4.80. The van der Waals surface area contributed by atoms with E-state index in [0.717, 1.165) is 13.0 Å². The van der Waals surface area contributed by atoms with Crippen molar-refractivity contribution in [3.05, 3.63) is 0 Å². The van der Waals surface area contributed by atoms with Crippen LogP contribution in [-0.2, 0) is 0 Å². The molecule has 60 valence electrons. The zero-order valence-corrected chi connectivity index (χ0v) is 7.04. The second kappa shape index (κ2) is 2.89. The predicted molar refractivity (Wildman–Crippen MR) is 41.9 cm³/mol. The van der Waals surface area contributed by atoms with E-state index in [4.69, 9.17) is 0 Å². The molecule has 0 amide bonds. The molecule has 0 aromatic carbocycles. The summed E-state index contributed by atoms with van der Waals surface area (Å²) < 4.78 is 0. The maximum atomic E-state index is 9.33. The number of hydrogen-bond donors (Lipinski definition) is 1. The zero-order chi connectivity index (χ0) is 7.72. The molecule has 0 aromatic heterocycles. The Morgan fingerprint density at radius 1 is 1.40 bits per heavy atom. The second-order valence-corrected chi connectivity index (χ2v) is 3.55. The summed E-state index contributed by atoms with van der Waals surface area (Å²) in [6.07, 6.45) is 0.863. The van der Waals surface area contributed by atoms with Crippen LogP contribution in [0.2, 0.25) is 0 Å². The number of piperidine rings is 1. The molecule has 0 aromatic rings. The number of nitrogens with zero attached hydrogens (tertiary/aromatic N) is 1. The third-order valence-corrected chi connectivity index (χ3v) is 2.66. The minimum absolute atomic E-state index is 0.101. The van der Waals surface area contributed by atoms with Crippen molar-refractivity contribution in [2.45, 2.75) is 32.4 Å². The molecule has 1 N–H and O–H groups in total. The van der Waals surface area contributed by atoms with E-state index in [1.165, 1.54) is 0 Å². The fourth-order valence-corrected chi connectivity index (χ4v) is 1.63. The Labute approximate surface area is 62.8 Å². The smallest absolute Gasteiger partial charge is 0.0670 e. The molecule has 10 heavy (non-hydrogen) atoms. The Hall–Kier alpha value is -0.0800. The number of hydrogen-bond acceptors (Lipinski definition) is 2. The van der Waals surface area contributed by atoms with Gasteiger partial charge in [0.05, 0.1) is 6.10 Å². The van der Waals surface area contributed by atoms with Crippen LogP contribution >= 0.6 is 0 Å². The third-order valence-electron chi connectivity index (χ3n) is 2.66. The fourth-order valence-electron chi connectivity index (χ4n) is 1.63. The fraction of sp³-hybridized carbons (Fsp3) is 1.00. The number of aliphatic hydroxyl groups excluding tert-OH is 1. The minimum atomic E-state index is -0.101. The quantitative estimate of drug-likeness (QED) is 0.540. The van der Waals surface area contributed by atoms with Crippen LogP contribution in [0.25, 0.3) is 0 Å². The van der Waals surface area contributed by atoms with E-state index in [-0.39, 0.29) is 6.10 Å². The van der Waals surface area contributed by atoms with Crippen molar-refractivity contribution >= 4 is 0 Å². The van der Waals surface area contributed by atoms with Gasteiger partial charge in [-0.2, -0.15) is 0 Å². The summed E-state index contributed by atoms with van der Waals surface area (Å²) in [4.78, 5) is 2.22. The average molecular weight is 143 g/mol. The molecule has 2 heteroatoms. The van der Waals surface area contributed by atoms with E-state index in [1.807, 2.05) is 0 Å². The van der Waals surface area contributed by atoms with Crippen LogP contribution in [0.15, 0.2) is 0 Å². The summed E-state index contributed by atoms with van der Waals surface area (Å²) in [5.74, 6) is 0.633. The normalized spacial score (nSPS) is 43.8. The first kappa shape index (κ1) is 8.02. The van der Waals surface area contributed by atoms with Gasteiger partial charge in [0.15, 0.2) is 0 Å². The monoisotopic (exact) mass is 143 g/mol. The van der Waals surface area contributed by atoms with Gasteiger partial charge in [0.25, 0.3) is 0 Å². The van der Waals surface area contributed by atoms with Crippen LogP contribution in [0.3, 0.4) is 0 Å². The van der Waals surface area contributed by atoms with Gasteiger partial charge in [-0.15, -0.1) is 0 Å². The van der Waals surface area contributed by atoms with Crippen LogP contribution in [0.1, 0.15) is 20.3 Å². The first-order chi connectivity index (χ1) is 4.61. The van der Waals surface area contributed by atoms with Crippen molar-refractivity contribution in [3.63, 3.8) is 0 Å². The Bertz CT molecular complexity index is 104. The van der Waals surface area contributed by atoms with Crippen molar-refractivity contribution < 1.29 is 5.11 Å². The standard InChI is InChI=1S/C8H17NO/c1-6-4-8(10)5-9(3)7(6)2/h6-8,10H,4-5H2,1-3H3/t6-,7+,8-/m1/s1. The lowest BCUT2D eigenvalue weighted by Crippen LogP contribution is -2.46. The molecule has 1 saturated heterocycles.